The Kier molecular flexibility index (Phi) is 1.37. The molecule has 2 heteroatoms. The van der Waals surface area contributed by atoms with E-state index in [2.05, 4.69) is 18.9 Å². The molecule has 68 valence electrons. The van der Waals surface area contributed by atoms with Gasteiger partial charge in [0.2, 0.25) is 0 Å². The Morgan fingerprint density at radius 1 is 1.25 bits per heavy atom. The SMILES string of the molecule is C[C@@H]1[C@H](C)[C@H]2ON3CCC[C@@H]3[C@@H]12. The summed E-state index contributed by atoms with van der Waals surface area (Å²) in [5.41, 5.74) is 0. The summed E-state index contributed by atoms with van der Waals surface area (Å²) in [5.74, 6) is 2.55. The van der Waals surface area contributed by atoms with Gasteiger partial charge in [0.15, 0.2) is 0 Å². The molecule has 2 nitrogen and oxygen atoms in total. The Balaban J connectivity index is 1.83. The summed E-state index contributed by atoms with van der Waals surface area (Å²) in [6.07, 6.45) is 3.29. The van der Waals surface area contributed by atoms with Crippen molar-refractivity contribution in [3.8, 4) is 0 Å². The molecule has 0 aromatic heterocycles. The van der Waals surface area contributed by atoms with Gasteiger partial charge in [-0.05, 0) is 24.7 Å². The van der Waals surface area contributed by atoms with Gasteiger partial charge in [-0.15, -0.1) is 0 Å². The minimum absolute atomic E-state index is 0.574. The average molecular weight is 167 g/mol. The number of hydrogen-bond acceptors (Lipinski definition) is 2. The molecule has 1 saturated carbocycles. The van der Waals surface area contributed by atoms with Crippen molar-refractivity contribution in [1.29, 1.82) is 0 Å². The highest BCUT2D eigenvalue weighted by atomic mass is 16.7. The average Bonchev–Trinajstić information content (AvgIpc) is 2.59. The highest BCUT2D eigenvalue weighted by Crippen LogP contribution is 2.52. The van der Waals surface area contributed by atoms with Crippen LogP contribution in [0.15, 0.2) is 0 Å². The molecular formula is C10H17NO. The quantitative estimate of drug-likeness (QED) is 0.544. The summed E-state index contributed by atoms with van der Waals surface area (Å²) in [5, 5.41) is 2.26. The maximum absolute atomic E-state index is 5.90. The van der Waals surface area contributed by atoms with Gasteiger partial charge in [-0.25, -0.2) is 0 Å². The molecular weight excluding hydrogens is 150 g/mol. The van der Waals surface area contributed by atoms with Crippen LogP contribution >= 0.6 is 0 Å². The topological polar surface area (TPSA) is 12.5 Å². The molecule has 3 rings (SSSR count). The molecule has 0 unspecified atom stereocenters. The normalized spacial score (nSPS) is 58.0. The molecule has 12 heavy (non-hydrogen) atoms. The van der Waals surface area contributed by atoms with Crippen molar-refractivity contribution in [3.05, 3.63) is 0 Å². The van der Waals surface area contributed by atoms with Gasteiger partial charge < -0.3 is 0 Å². The fourth-order valence-corrected chi connectivity index (χ4v) is 3.33. The lowest BCUT2D eigenvalue weighted by atomic mass is 9.61. The lowest BCUT2D eigenvalue weighted by Crippen LogP contribution is -2.49. The summed E-state index contributed by atoms with van der Waals surface area (Å²) in [6.45, 7) is 5.89. The minimum atomic E-state index is 0.574. The third-order valence-electron chi connectivity index (χ3n) is 4.28. The van der Waals surface area contributed by atoms with Crippen LogP contribution in [-0.4, -0.2) is 23.8 Å². The number of hydrogen-bond donors (Lipinski definition) is 0. The van der Waals surface area contributed by atoms with E-state index in [0.717, 1.165) is 23.8 Å². The molecule has 2 saturated heterocycles. The van der Waals surface area contributed by atoms with E-state index < -0.39 is 0 Å². The van der Waals surface area contributed by atoms with E-state index in [4.69, 9.17) is 4.84 Å². The molecule has 0 aromatic carbocycles. The third-order valence-corrected chi connectivity index (χ3v) is 4.28. The van der Waals surface area contributed by atoms with Crippen molar-refractivity contribution < 1.29 is 4.84 Å². The zero-order valence-corrected chi connectivity index (χ0v) is 7.86. The minimum Gasteiger partial charge on any atom is -0.295 e. The van der Waals surface area contributed by atoms with Gasteiger partial charge in [0.25, 0.3) is 0 Å². The number of rotatable bonds is 0. The molecule has 0 radical (unpaired) electrons. The Bertz CT molecular complexity index is 206. The van der Waals surface area contributed by atoms with Gasteiger partial charge in [0, 0.05) is 18.5 Å². The molecule has 1 aliphatic carbocycles. The van der Waals surface area contributed by atoms with Crippen molar-refractivity contribution >= 4 is 0 Å². The van der Waals surface area contributed by atoms with Crippen LogP contribution in [0.2, 0.25) is 0 Å². The molecule has 5 atom stereocenters. The van der Waals surface area contributed by atoms with Crippen LogP contribution in [0.25, 0.3) is 0 Å². The van der Waals surface area contributed by atoms with E-state index in [-0.39, 0.29) is 0 Å². The first-order chi connectivity index (χ1) is 5.79. The predicted molar refractivity (Wildman–Crippen MR) is 46.4 cm³/mol. The van der Waals surface area contributed by atoms with Gasteiger partial charge >= 0.3 is 0 Å². The fourth-order valence-electron chi connectivity index (χ4n) is 3.33. The zero-order valence-electron chi connectivity index (χ0n) is 7.86. The second-order valence-electron chi connectivity index (χ2n) is 4.72. The molecule has 0 bridgehead atoms. The Labute approximate surface area is 73.8 Å². The van der Waals surface area contributed by atoms with Crippen LogP contribution in [0.1, 0.15) is 26.7 Å². The van der Waals surface area contributed by atoms with Crippen LogP contribution < -0.4 is 0 Å². The third kappa shape index (κ3) is 0.686. The van der Waals surface area contributed by atoms with Gasteiger partial charge in [0.1, 0.15) is 0 Å². The zero-order chi connectivity index (χ0) is 8.29. The summed E-state index contributed by atoms with van der Waals surface area (Å²) < 4.78 is 0. The number of hydroxylamine groups is 2. The Morgan fingerprint density at radius 3 is 2.92 bits per heavy atom. The first-order valence-electron chi connectivity index (χ1n) is 5.22. The Hall–Kier alpha value is -0.0800. The highest BCUT2D eigenvalue weighted by molar-refractivity contribution is 5.04. The summed E-state index contributed by atoms with van der Waals surface area (Å²) in [4.78, 5) is 5.90. The maximum atomic E-state index is 5.90. The summed E-state index contributed by atoms with van der Waals surface area (Å²) in [7, 11) is 0. The van der Waals surface area contributed by atoms with Crippen LogP contribution in [0.4, 0.5) is 0 Å². The second-order valence-corrected chi connectivity index (χ2v) is 4.72. The monoisotopic (exact) mass is 167 g/mol. The molecule has 0 N–H and O–H groups in total. The standard InChI is InChI=1S/C10H17NO/c1-6-7(2)10-9(6)8-4-3-5-11(8)12-10/h6-10H,3-5H2,1-2H3/t6-,7+,8-,9-,10-/m1/s1. The number of fused-ring (bicyclic) bond motifs is 3. The van der Waals surface area contributed by atoms with E-state index in [1.807, 2.05) is 0 Å². The van der Waals surface area contributed by atoms with Crippen molar-refractivity contribution in [1.82, 2.24) is 5.06 Å². The Morgan fingerprint density at radius 2 is 2.08 bits per heavy atom. The summed E-state index contributed by atoms with van der Waals surface area (Å²) >= 11 is 0. The van der Waals surface area contributed by atoms with E-state index in [1.54, 1.807) is 0 Å². The van der Waals surface area contributed by atoms with Gasteiger partial charge in [-0.2, -0.15) is 5.06 Å². The lowest BCUT2D eigenvalue weighted by molar-refractivity contribution is -0.184. The fraction of sp³-hybridized carbons (Fsp3) is 1.00. The first kappa shape index (κ1) is 7.34. The molecule has 0 aromatic rings. The van der Waals surface area contributed by atoms with E-state index in [9.17, 15) is 0 Å². The van der Waals surface area contributed by atoms with Crippen LogP contribution in [0.3, 0.4) is 0 Å². The molecule has 2 aliphatic heterocycles. The highest BCUT2D eigenvalue weighted by Gasteiger charge is 2.58. The van der Waals surface area contributed by atoms with Crippen molar-refractivity contribution in [2.45, 2.75) is 38.8 Å². The molecule has 3 aliphatic rings. The second kappa shape index (κ2) is 2.24. The van der Waals surface area contributed by atoms with Crippen molar-refractivity contribution in [3.63, 3.8) is 0 Å². The van der Waals surface area contributed by atoms with E-state index in [1.165, 1.54) is 19.4 Å². The maximum Gasteiger partial charge on any atom is 0.0868 e. The van der Waals surface area contributed by atoms with Crippen molar-refractivity contribution in [2.75, 3.05) is 6.54 Å². The smallest absolute Gasteiger partial charge is 0.0868 e. The van der Waals surface area contributed by atoms with Crippen LogP contribution in [-0.2, 0) is 4.84 Å². The van der Waals surface area contributed by atoms with Gasteiger partial charge in [0.05, 0.1) is 6.10 Å². The van der Waals surface area contributed by atoms with Crippen LogP contribution in [0.5, 0.6) is 0 Å². The van der Waals surface area contributed by atoms with Gasteiger partial charge in [-0.3, -0.25) is 4.84 Å². The summed E-state index contributed by atoms with van der Waals surface area (Å²) in [6, 6.07) is 0.779. The number of nitrogens with zero attached hydrogens (tertiary/aromatic N) is 1. The predicted octanol–water partition coefficient (Wildman–Crippen LogP) is 1.67. The van der Waals surface area contributed by atoms with E-state index in [0.29, 0.717) is 6.10 Å². The molecule has 3 fully saturated rings. The van der Waals surface area contributed by atoms with Crippen molar-refractivity contribution in [2.24, 2.45) is 17.8 Å². The molecule has 0 amide bonds. The largest absolute Gasteiger partial charge is 0.295 e. The molecule has 0 spiro atoms. The molecule has 2 heterocycles. The first-order valence-corrected chi connectivity index (χ1v) is 5.22. The lowest BCUT2D eigenvalue weighted by Gasteiger charge is -2.44. The van der Waals surface area contributed by atoms with Gasteiger partial charge in [-0.1, -0.05) is 13.8 Å². The van der Waals surface area contributed by atoms with E-state index >= 15 is 0 Å². The van der Waals surface area contributed by atoms with Crippen LogP contribution in [0, 0.1) is 17.8 Å².